The largest absolute Gasteiger partial charge is 0.496 e. The van der Waals surface area contributed by atoms with E-state index in [9.17, 15) is 9.59 Å². The number of hydrogen-bond donors (Lipinski definition) is 0. The van der Waals surface area contributed by atoms with E-state index in [1.807, 2.05) is 19.1 Å². The Kier molecular flexibility index (Phi) is 3.31. The first-order valence-corrected chi connectivity index (χ1v) is 6.37. The van der Waals surface area contributed by atoms with Gasteiger partial charge in [-0.1, -0.05) is 13.8 Å². The van der Waals surface area contributed by atoms with Crippen LogP contribution >= 0.6 is 0 Å². The van der Waals surface area contributed by atoms with Gasteiger partial charge >= 0.3 is 0 Å². The number of ketones is 2. The van der Waals surface area contributed by atoms with Gasteiger partial charge in [-0.2, -0.15) is 0 Å². The van der Waals surface area contributed by atoms with Crippen LogP contribution in [-0.2, 0) is 4.79 Å². The lowest BCUT2D eigenvalue weighted by Gasteiger charge is -2.22. The molecule has 100 valence electrons. The molecule has 3 nitrogen and oxygen atoms in total. The van der Waals surface area contributed by atoms with Crippen molar-refractivity contribution in [2.45, 2.75) is 33.6 Å². The summed E-state index contributed by atoms with van der Waals surface area (Å²) >= 11 is 0. The van der Waals surface area contributed by atoms with Crippen molar-refractivity contribution in [1.29, 1.82) is 0 Å². The maximum Gasteiger partial charge on any atom is 0.234 e. The zero-order valence-corrected chi connectivity index (χ0v) is 12.0. The van der Waals surface area contributed by atoms with Gasteiger partial charge in [0.25, 0.3) is 0 Å². The predicted octanol–water partition coefficient (Wildman–Crippen LogP) is 3.30. The lowest BCUT2D eigenvalue weighted by atomic mass is 9.82. The smallest absolute Gasteiger partial charge is 0.234 e. The molecule has 0 fully saturated rings. The van der Waals surface area contributed by atoms with E-state index in [2.05, 4.69) is 13.8 Å². The Bertz CT molecular complexity index is 607. The second kappa shape index (κ2) is 4.65. The van der Waals surface area contributed by atoms with Gasteiger partial charge in [0.2, 0.25) is 11.6 Å². The van der Waals surface area contributed by atoms with Gasteiger partial charge in [-0.25, -0.2) is 0 Å². The number of allylic oxidation sites excluding steroid dienone is 1. The van der Waals surface area contributed by atoms with Gasteiger partial charge in [0.1, 0.15) is 5.75 Å². The highest BCUT2D eigenvalue weighted by Gasteiger charge is 2.30. The molecule has 2 rings (SSSR count). The third kappa shape index (κ3) is 1.99. The molecule has 0 saturated carbocycles. The molecule has 1 aromatic rings. The molecule has 0 atom stereocenters. The standard InChI is InChI=1S/C16H18O3/c1-8(2)11-7-13(19-5)10(4)14-12(11)6-9(3)15(17)16(14)18/h6-8H,1-5H3. The SMILES string of the molecule is COc1cc(C(C)C)c2c(c1C)C(=O)C(=O)C(C)=C2. The van der Waals surface area contributed by atoms with Gasteiger partial charge in [0.05, 0.1) is 7.11 Å². The van der Waals surface area contributed by atoms with Crippen LogP contribution in [-0.4, -0.2) is 18.7 Å². The van der Waals surface area contributed by atoms with Gasteiger partial charge in [0.15, 0.2) is 0 Å². The van der Waals surface area contributed by atoms with E-state index in [0.29, 0.717) is 16.9 Å². The van der Waals surface area contributed by atoms with Crippen LogP contribution < -0.4 is 4.74 Å². The molecule has 0 spiro atoms. The second-order valence-electron chi connectivity index (χ2n) is 5.22. The summed E-state index contributed by atoms with van der Waals surface area (Å²) in [5.74, 6) is 0.0803. The van der Waals surface area contributed by atoms with Gasteiger partial charge in [-0.05, 0) is 43.0 Å². The summed E-state index contributed by atoms with van der Waals surface area (Å²) in [7, 11) is 1.58. The summed E-state index contributed by atoms with van der Waals surface area (Å²) in [5.41, 5.74) is 3.65. The molecule has 0 aromatic heterocycles. The first-order valence-electron chi connectivity index (χ1n) is 6.37. The molecule has 0 amide bonds. The molecule has 0 N–H and O–H groups in total. The molecule has 1 aliphatic rings. The molecule has 3 heteroatoms. The molecule has 19 heavy (non-hydrogen) atoms. The Labute approximate surface area is 113 Å². The zero-order chi connectivity index (χ0) is 14.3. The highest BCUT2D eigenvalue weighted by Crippen LogP contribution is 2.36. The maximum absolute atomic E-state index is 12.2. The quantitative estimate of drug-likeness (QED) is 0.764. The Morgan fingerprint density at radius 3 is 2.26 bits per heavy atom. The highest BCUT2D eigenvalue weighted by molar-refractivity contribution is 6.52. The van der Waals surface area contributed by atoms with Crippen molar-refractivity contribution in [2.75, 3.05) is 7.11 Å². The normalized spacial score (nSPS) is 14.5. The van der Waals surface area contributed by atoms with Crippen molar-refractivity contribution in [1.82, 2.24) is 0 Å². The van der Waals surface area contributed by atoms with Gasteiger partial charge in [-0.15, -0.1) is 0 Å². The third-order valence-electron chi connectivity index (χ3n) is 3.61. The summed E-state index contributed by atoms with van der Waals surface area (Å²) < 4.78 is 5.33. The molecule has 0 unspecified atom stereocenters. The lowest BCUT2D eigenvalue weighted by molar-refractivity contribution is -0.111. The number of benzene rings is 1. The van der Waals surface area contributed by atoms with E-state index in [-0.39, 0.29) is 5.92 Å². The van der Waals surface area contributed by atoms with E-state index >= 15 is 0 Å². The summed E-state index contributed by atoms with van der Waals surface area (Å²) in [4.78, 5) is 24.1. The summed E-state index contributed by atoms with van der Waals surface area (Å²) in [5, 5.41) is 0. The van der Waals surface area contributed by atoms with Crippen molar-refractivity contribution < 1.29 is 14.3 Å². The van der Waals surface area contributed by atoms with Gasteiger partial charge in [0, 0.05) is 16.7 Å². The Morgan fingerprint density at radius 1 is 1.11 bits per heavy atom. The van der Waals surface area contributed by atoms with Crippen molar-refractivity contribution >= 4 is 17.6 Å². The molecule has 0 radical (unpaired) electrons. The van der Waals surface area contributed by atoms with E-state index < -0.39 is 11.6 Å². The van der Waals surface area contributed by atoms with Crippen LogP contribution in [0.5, 0.6) is 5.75 Å². The van der Waals surface area contributed by atoms with Gasteiger partial charge in [-0.3, -0.25) is 9.59 Å². The minimum atomic E-state index is -0.423. The molecular formula is C16H18O3. The van der Waals surface area contributed by atoms with E-state index in [4.69, 9.17) is 4.74 Å². The molecular weight excluding hydrogens is 240 g/mol. The number of rotatable bonds is 2. The summed E-state index contributed by atoms with van der Waals surface area (Å²) in [6.07, 6.45) is 1.82. The molecule has 0 heterocycles. The van der Waals surface area contributed by atoms with Gasteiger partial charge < -0.3 is 4.74 Å². The number of carbonyl (C=O) groups is 2. The monoisotopic (exact) mass is 258 g/mol. The molecule has 1 aliphatic carbocycles. The molecule has 0 saturated heterocycles. The fourth-order valence-electron chi connectivity index (χ4n) is 2.51. The third-order valence-corrected chi connectivity index (χ3v) is 3.61. The summed E-state index contributed by atoms with van der Waals surface area (Å²) in [6, 6.07) is 1.96. The number of carbonyl (C=O) groups excluding carboxylic acids is 2. The molecule has 1 aromatic carbocycles. The predicted molar refractivity (Wildman–Crippen MR) is 74.8 cm³/mol. The number of fused-ring (bicyclic) bond motifs is 1. The Balaban J connectivity index is 2.86. The fourth-order valence-corrected chi connectivity index (χ4v) is 2.51. The fraction of sp³-hybridized carbons (Fsp3) is 0.375. The lowest BCUT2D eigenvalue weighted by Crippen LogP contribution is -2.23. The zero-order valence-electron chi connectivity index (χ0n) is 12.0. The highest BCUT2D eigenvalue weighted by atomic mass is 16.5. The number of methoxy groups -OCH3 is 1. The average molecular weight is 258 g/mol. The van der Waals surface area contributed by atoms with Crippen LogP contribution in [0, 0.1) is 6.92 Å². The van der Waals surface area contributed by atoms with Crippen LogP contribution in [0.3, 0.4) is 0 Å². The Morgan fingerprint density at radius 2 is 1.74 bits per heavy atom. The number of Topliss-reactive ketones (excluding diaryl/α,β-unsaturated/α-hetero) is 2. The molecule has 0 bridgehead atoms. The van der Waals surface area contributed by atoms with Crippen LogP contribution in [0.2, 0.25) is 0 Å². The van der Waals surface area contributed by atoms with E-state index in [0.717, 1.165) is 16.7 Å². The van der Waals surface area contributed by atoms with Crippen LogP contribution in [0.25, 0.3) is 6.08 Å². The first-order chi connectivity index (χ1) is 8.88. The van der Waals surface area contributed by atoms with E-state index in [1.165, 1.54) is 0 Å². The molecule has 0 aliphatic heterocycles. The van der Waals surface area contributed by atoms with Crippen molar-refractivity contribution in [3.05, 3.63) is 33.9 Å². The number of hydrogen-bond acceptors (Lipinski definition) is 3. The first kappa shape index (κ1) is 13.5. The van der Waals surface area contributed by atoms with Crippen molar-refractivity contribution in [3.63, 3.8) is 0 Å². The van der Waals surface area contributed by atoms with Crippen LogP contribution in [0.1, 0.15) is 53.7 Å². The topological polar surface area (TPSA) is 43.4 Å². The minimum Gasteiger partial charge on any atom is -0.496 e. The minimum absolute atomic E-state index is 0.258. The maximum atomic E-state index is 12.2. The van der Waals surface area contributed by atoms with E-state index in [1.54, 1.807) is 14.0 Å². The summed E-state index contributed by atoms with van der Waals surface area (Å²) in [6.45, 7) is 7.64. The van der Waals surface area contributed by atoms with Crippen LogP contribution in [0.15, 0.2) is 11.6 Å². The van der Waals surface area contributed by atoms with Crippen LogP contribution in [0.4, 0.5) is 0 Å². The van der Waals surface area contributed by atoms with Crippen molar-refractivity contribution in [3.8, 4) is 5.75 Å². The Hall–Kier alpha value is -1.90. The average Bonchev–Trinajstić information content (AvgIpc) is 2.35. The second-order valence-corrected chi connectivity index (χ2v) is 5.22. The van der Waals surface area contributed by atoms with Crippen molar-refractivity contribution in [2.24, 2.45) is 0 Å². The number of ether oxygens (including phenoxy) is 1.